The van der Waals surface area contributed by atoms with Gasteiger partial charge in [0.1, 0.15) is 23.0 Å². The fourth-order valence-corrected chi connectivity index (χ4v) is 3.62. The second kappa shape index (κ2) is 6.48. The Bertz CT molecular complexity index is 1450. The number of nitrogens with zero attached hydrogens (tertiary/aromatic N) is 5. The molecule has 2 aromatic carbocycles. The summed E-state index contributed by atoms with van der Waals surface area (Å²) < 4.78 is 17.3. The zero-order valence-corrected chi connectivity index (χ0v) is 16.0. The molecular formula is C22H18FN5O. The van der Waals surface area contributed by atoms with Gasteiger partial charge < -0.3 is 0 Å². The fourth-order valence-electron chi connectivity index (χ4n) is 3.62. The van der Waals surface area contributed by atoms with Gasteiger partial charge in [0.2, 0.25) is 0 Å². The van der Waals surface area contributed by atoms with Crippen molar-refractivity contribution in [1.82, 2.24) is 24.1 Å². The van der Waals surface area contributed by atoms with Gasteiger partial charge in [-0.25, -0.2) is 19.3 Å². The first-order valence-electron chi connectivity index (χ1n) is 9.52. The Morgan fingerprint density at radius 3 is 2.52 bits per heavy atom. The van der Waals surface area contributed by atoms with Gasteiger partial charge in [0.05, 0.1) is 16.7 Å². The van der Waals surface area contributed by atoms with E-state index in [0.717, 1.165) is 6.42 Å². The summed E-state index contributed by atoms with van der Waals surface area (Å²) >= 11 is 0. The Kier molecular flexibility index (Phi) is 3.91. The van der Waals surface area contributed by atoms with Crippen molar-refractivity contribution in [1.29, 1.82) is 0 Å². The third-order valence-electron chi connectivity index (χ3n) is 5.32. The summed E-state index contributed by atoms with van der Waals surface area (Å²) in [5.41, 5.74) is 3.13. The van der Waals surface area contributed by atoms with Crippen LogP contribution in [0.1, 0.15) is 26.3 Å². The molecule has 0 fully saturated rings. The lowest BCUT2D eigenvalue weighted by atomic mass is 10.2. The van der Waals surface area contributed by atoms with Gasteiger partial charge in [0.25, 0.3) is 5.56 Å². The van der Waals surface area contributed by atoms with Crippen molar-refractivity contribution in [2.75, 3.05) is 0 Å². The molecule has 3 heterocycles. The number of rotatable bonds is 3. The monoisotopic (exact) mass is 387 g/mol. The van der Waals surface area contributed by atoms with E-state index >= 15 is 0 Å². The molecule has 5 rings (SSSR count). The van der Waals surface area contributed by atoms with E-state index in [9.17, 15) is 9.18 Å². The molecule has 3 aromatic heterocycles. The van der Waals surface area contributed by atoms with Crippen LogP contribution in [0.15, 0.2) is 59.7 Å². The van der Waals surface area contributed by atoms with Crippen LogP contribution < -0.4 is 5.56 Å². The van der Waals surface area contributed by atoms with Gasteiger partial charge in [-0.05, 0) is 43.7 Å². The molecule has 6 nitrogen and oxygen atoms in total. The Hall–Kier alpha value is -3.61. The highest BCUT2D eigenvalue weighted by molar-refractivity contribution is 6.05. The first-order valence-corrected chi connectivity index (χ1v) is 9.52. The van der Waals surface area contributed by atoms with Crippen LogP contribution in [0.25, 0.3) is 38.9 Å². The van der Waals surface area contributed by atoms with Gasteiger partial charge in [-0.3, -0.25) is 13.9 Å². The van der Waals surface area contributed by atoms with Gasteiger partial charge in [-0.1, -0.05) is 25.1 Å². The number of para-hydroxylation sites is 2. The van der Waals surface area contributed by atoms with E-state index in [0.29, 0.717) is 38.9 Å². The maximum Gasteiger partial charge on any atom is 0.265 e. The summed E-state index contributed by atoms with van der Waals surface area (Å²) in [6, 6.07) is 13.6. The van der Waals surface area contributed by atoms with Crippen molar-refractivity contribution in [3.8, 4) is 5.69 Å². The number of hydrogen-bond donors (Lipinski definition) is 0. The Morgan fingerprint density at radius 1 is 1.03 bits per heavy atom. The van der Waals surface area contributed by atoms with Crippen molar-refractivity contribution in [3.05, 3.63) is 71.0 Å². The molecule has 1 unspecified atom stereocenters. The third-order valence-corrected chi connectivity index (χ3v) is 5.32. The lowest BCUT2D eigenvalue weighted by Crippen LogP contribution is -2.23. The molecule has 0 aliphatic carbocycles. The van der Waals surface area contributed by atoms with E-state index in [1.807, 2.05) is 38.1 Å². The third kappa shape index (κ3) is 2.61. The summed E-state index contributed by atoms with van der Waals surface area (Å²) in [5.74, 6) is -0.376. The Labute approximate surface area is 165 Å². The van der Waals surface area contributed by atoms with Gasteiger partial charge >= 0.3 is 0 Å². The van der Waals surface area contributed by atoms with Crippen LogP contribution in [-0.4, -0.2) is 24.1 Å². The average Bonchev–Trinajstić information content (AvgIpc) is 3.05. The van der Waals surface area contributed by atoms with E-state index in [-0.39, 0.29) is 17.4 Å². The van der Waals surface area contributed by atoms with Gasteiger partial charge in [-0.2, -0.15) is 0 Å². The molecule has 0 saturated heterocycles. The molecule has 0 N–H and O–H groups in total. The van der Waals surface area contributed by atoms with Crippen LogP contribution in [0.2, 0.25) is 0 Å². The SMILES string of the molecule is CCC(C)n1cnc2c(c1=O)c1nc3ccccc3nc1n2-c1cccc(F)c1. The Morgan fingerprint density at radius 2 is 1.79 bits per heavy atom. The maximum atomic E-state index is 14.0. The van der Waals surface area contributed by atoms with Crippen LogP contribution in [0.3, 0.4) is 0 Å². The van der Waals surface area contributed by atoms with E-state index in [4.69, 9.17) is 9.97 Å². The number of aromatic nitrogens is 5. The first-order chi connectivity index (χ1) is 14.1. The smallest absolute Gasteiger partial charge is 0.265 e. The highest BCUT2D eigenvalue weighted by Crippen LogP contribution is 2.28. The normalized spacial score (nSPS) is 12.8. The first kappa shape index (κ1) is 17.5. The standard InChI is InChI=1S/C22H18FN5O/c1-3-13(2)27-12-24-20-18(22(27)29)19-21(26-17-10-5-4-9-16(17)25-19)28(20)15-8-6-7-14(23)11-15/h4-13H,3H2,1-2H3. The summed E-state index contributed by atoms with van der Waals surface area (Å²) in [6.45, 7) is 3.99. The summed E-state index contributed by atoms with van der Waals surface area (Å²) in [5, 5.41) is 0.394. The minimum absolute atomic E-state index is 0.000357. The molecule has 0 bridgehead atoms. The molecule has 1 atom stereocenters. The zero-order valence-electron chi connectivity index (χ0n) is 16.0. The minimum atomic E-state index is -0.376. The predicted molar refractivity (Wildman–Crippen MR) is 111 cm³/mol. The molecule has 7 heteroatoms. The summed E-state index contributed by atoms with van der Waals surface area (Å²) in [7, 11) is 0. The number of fused-ring (bicyclic) bond motifs is 4. The summed E-state index contributed by atoms with van der Waals surface area (Å²) in [6.07, 6.45) is 2.34. The molecule has 0 aliphatic rings. The number of benzene rings is 2. The molecular weight excluding hydrogens is 369 g/mol. The van der Waals surface area contributed by atoms with Gasteiger partial charge in [-0.15, -0.1) is 0 Å². The van der Waals surface area contributed by atoms with Crippen LogP contribution >= 0.6 is 0 Å². The van der Waals surface area contributed by atoms with Crippen LogP contribution in [-0.2, 0) is 0 Å². The second-order valence-corrected chi connectivity index (χ2v) is 7.11. The van der Waals surface area contributed by atoms with Crippen LogP contribution in [0.4, 0.5) is 4.39 Å². The highest BCUT2D eigenvalue weighted by atomic mass is 19.1. The maximum absolute atomic E-state index is 14.0. The van der Waals surface area contributed by atoms with Crippen molar-refractivity contribution < 1.29 is 4.39 Å². The topological polar surface area (TPSA) is 65.6 Å². The highest BCUT2D eigenvalue weighted by Gasteiger charge is 2.21. The minimum Gasteiger partial charge on any atom is -0.296 e. The van der Waals surface area contributed by atoms with E-state index in [2.05, 4.69) is 4.98 Å². The molecule has 0 saturated carbocycles. The van der Waals surface area contributed by atoms with E-state index in [1.54, 1.807) is 27.6 Å². The van der Waals surface area contributed by atoms with Crippen LogP contribution in [0.5, 0.6) is 0 Å². The molecule has 5 aromatic rings. The van der Waals surface area contributed by atoms with Crippen LogP contribution in [0, 0.1) is 5.82 Å². The van der Waals surface area contributed by atoms with E-state index < -0.39 is 0 Å². The van der Waals surface area contributed by atoms with Crippen molar-refractivity contribution in [3.63, 3.8) is 0 Å². The molecule has 29 heavy (non-hydrogen) atoms. The predicted octanol–water partition coefficient (Wildman–Crippen LogP) is 4.39. The van der Waals surface area contributed by atoms with Gasteiger partial charge in [0.15, 0.2) is 11.3 Å². The second-order valence-electron chi connectivity index (χ2n) is 7.11. The number of hydrogen-bond acceptors (Lipinski definition) is 4. The quantitative estimate of drug-likeness (QED) is 0.460. The fraction of sp³-hybridized carbons (Fsp3) is 0.182. The van der Waals surface area contributed by atoms with Crippen molar-refractivity contribution in [2.24, 2.45) is 0 Å². The molecule has 144 valence electrons. The average molecular weight is 387 g/mol. The van der Waals surface area contributed by atoms with Crippen molar-refractivity contribution in [2.45, 2.75) is 26.3 Å². The lowest BCUT2D eigenvalue weighted by Gasteiger charge is -2.12. The summed E-state index contributed by atoms with van der Waals surface area (Å²) in [4.78, 5) is 27.4. The van der Waals surface area contributed by atoms with Gasteiger partial charge in [0, 0.05) is 6.04 Å². The largest absolute Gasteiger partial charge is 0.296 e. The van der Waals surface area contributed by atoms with Crippen molar-refractivity contribution >= 4 is 33.2 Å². The molecule has 0 aliphatic heterocycles. The van der Waals surface area contributed by atoms with E-state index in [1.165, 1.54) is 12.1 Å². The zero-order chi connectivity index (χ0) is 20.1. The Balaban J connectivity index is 2.00. The molecule has 0 radical (unpaired) electrons. The number of halogens is 1. The molecule has 0 spiro atoms. The molecule has 0 amide bonds. The lowest BCUT2D eigenvalue weighted by molar-refractivity contribution is 0.510.